The van der Waals surface area contributed by atoms with Crippen LogP contribution in [0.4, 0.5) is 0 Å². The third-order valence-corrected chi connectivity index (χ3v) is 2.67. The molecule has 0 spiro atoms. The van der Waals surface area contributed by atoms with Gasteiger partial charge in [-0.05, 0) is 5.53 Å². The molecule has 0 bridgehead atoms. The van der Waals surface area contributed by atoms with Gasteiger partial charge in [0.1, 0.15) is 0 Å². The average Bonchev–Trinajstić information content (AvgIpc) is 2.36. The van der Waals surface area contributed by atoms with E-state index in [9.17, 15) is 4.79 Å². The van der Waals surface area contributed by atoms with Gasteiger partial charge in [0.2, 0.25) is 0 Å². The molecule has 100 valence electrons. The van der Waals surface area contributed by atoms with Crippen LogP contribution in [0.15, 0.2) is 17.8 Å². The highest BCUT2D eigenvalue weighted by Gasteiger charge is 2.28. The van der Waals surface area contributed by atoms with E-state index in [1.807, 2.05) is 0 Å². The zero-order valence-corrected chi connectivity index (χ0v) is 10.5. The van der Waals surface area contributed by atoms with Crippen molar-refractivity contribution < 1.29 is 14.3 Å². The first kappa shape index (κ1) is 14.5. The Labute approximate surface area is 106 Å². The molecule has 1 rings (SSSR count). The fourth-order valence-electron chi connectivity index (χ4n) is 1.95. The number of esters is 1. The Balaban J connectivity index is 2.57. The van der Waals surface area contributed by atoms with E-state index < -0.39 is 0 Å². The molecule has 1 heterocycles. The van der Waals surface area contributed by atoms with Crippen LogP contribution >= 0.6 is 0 Å². The molecule has 1 aliphatic heterocycles. The molecular formula is C11H18N4O3. The standard InChI is InChI=1S/C11H18N4O3/c1-3-4-15-7-9(5-11(16)17-2)18-10(8-15)6-13-14-12/h3,9-10H,1,4-8H2,2H3/t9-,10+/m0/s1. The van der Waals surface area contributed by atoms with Crippen LogP contribution in [0, 0.1) is 0 Å². The third-order valence-electron chi connectivity index (χ3n) is 2.67. The largest absolute Gasteiger partial charge is 0.469 e. The number of carbonyl (C=O) groups is 1. The average molecular weight is 254 g/mol. The Morgan fingerprint density at radius 1 is 1.67 bits per heavy atom. The van der Waals surface area contributed by atoms with E-state index in [4.69, 9.17) is 10.3 Å². The van der Waals surface area contributed by atoms with E-state index >= 15 is 0 Å². The molecule has 1 saturated heterocycles. The Hall–Kier alpha value is -1.56. The van der Waals surface area contributed by atoms with Gasteiger partial charge in [-0.1, -0.05) is 11.2 Å². The minimum Gasteiger partial charge on any atom is -0.469 e. The normalized spacial score (nSPS) is 24.1. The summed E-state index contributed by atoms with van der Waals surface area (Å²) in [7, 11) is 1.35. The molecule has 2 atom stereocenters. The van der Waals surface area contributed by atoms with Crippen LogP contribution in [0.1, 0.15) is 6.42 Å². The van der Waals surface area contributed by atoms with E-state index in [-0.39, 0.29) is 31.1 Å². The van der Waals surface area contributed by atoms with E-state index in [1.165, 1.54) is 7.11 Å². The highest BCUT2D eigenvalue weighted by atomic mass is 16.5. The molecule has 0 unspecified atom stereocenters. The minimum atomic E-state index is -0.303. The summed E-state index contributed by atoms with van der Waals surface area (Å²) in [6, 6.07) is 0. The van der Waals surface area contributed by atoms with E-state index in [1.54, 1.807) is 6.08 Å². The fourth-order valence-corrected chi connectivity index (χ4v) is 1.95. The predicted octanol–water partition coefficient (Wildman–Crippen LogP) is 1.12. The van der Waals surface area contributed by atoms with Crippen molar-refractivity contribution in [2.24, 2.45) is 5.11 Å². The van der Waals surface area contributed by atoms with Crippen molar-refractivity contribution in [3.8, 4) is 0 Å². The summed E-state index contributed by atoms with van der Waals surface area (Å²) < 4.78 is 10.3. The van der Waals surface area contributed by atoms with Crippen molar-refractivity contribution in [2.45, 2.75) is 18.6 Å². The van der Waals surface area contributed by atoms with Crippen LogP contribution in [-0.4, -0.2) is 56.4 Å². The van der Waals surface area contributed by atoms with Gasteiger partial charge in [0.15, 0.2) is 0 Å². The van der Waals surface area contributed by atoms with Crippen LogP contribution in [-0.2, 0) is 14.3 Å². The second-order valence-electron chi connectivity index (χ2n) is 4.08. The van der Waals surface area contributed by atoms with Gasteiger partial charge in [-0.2, -0.15) is 0 Å². The Bertz CT molecular complexity index is 341. The number of morpholine rings is 1. The zero-order chi connectivity index (χ0) is 13.4. The van der Waals surface area contributed by atoms with E-state index in [0.717, 1.165) is 0 Å². The highest BCUT2D eigenvalue weighted by Crippen LogP contribution is 2.15. The summed E-state index contributed by atoms with van der Waals surface area (Å²) in [6.45, 7) is 5.99. The molecule has 0 aliphatic carbocycles. The van der Waals surface area contributed by atoms with Gasteiger partial charge in [0.05, 0.1) is 32.3 Å². The molecule has 0 amide bonds. The summed E-state index contributed by atoms with van der Waals surface area (Å²) in [5.41, 5.74) is 8.31. The molecule has 1 aliphatic rings. The van der Waals surface area contributed by atoms with Crippen molar-refractivity contribution in [3.63, 3.8) is 0 Å². The number of nitrogens with zero attached hydrogens (tertiary/aromatic N) is 4. The molecule has 0 aromatic rings. The second-order valence-corrected chi connectivity index (χ2v) is 4.08. The molecule has 0 N–H and O–H groups in total. The number of rotatable bonds is 6. The lowest BCUT2D eigenvalue weighted by atomic mass is 10.1. The Kier molecular flexibility index (Phi) is 6.21. The van der Waals surface area contributed by atoms with Crippen molar-refractivity contribution in [1.29, 1.82) is 0 Å². The summed E-state index contributed by atoms with van der Waals surface area (Å²) in [5, 5.41) is 3.51. The van der Waals surface area contributed by atoms with Crippen LogP contribution in [0.3, 0.4) is 0 Å². The van der Waals surface area contributed by atoms with E-state index in [0.29, 0.717) is 19.6 Å². The zero-order valence-electron chi connectivity index (χ0n) is 10.5. The highest BCUT2D eigenvalue weighted by molar-refractivity contribution is 5.69. The van der Waals surface area contributed by atoms with Crippen LogP contribution in [0.5, 0.6) is 0 Å². The first-order valence-corrected chi connectivity index (χ1v) is 5.76. The molecule has 0 aromatic carbocycles. The van der Waals surface area contributed by atoms with Gasteiger partial charge < -0.3 is 9.47 Å². The van der Waals surface area contributed by atoms with Gasteiger partial charge in [0, 0.05) is 24.5 Å². The van der Waals surface area contributed by atoms with E-state index in [2.05, 4.69) is 26.2 Å². The molecule has 7 heteroatoms. The molecule has 1 fully saturated rings. The monoisotopic (exact) mass is 254 g/mol. The summed E-state index contributed by atoms with van der Waals surface area (Å²) >= 11 is 0. The number of hydrogen-bond donors (Lipinski definition) is 0. The quantitative estimate of drug-likeness (QED) is 0.233. The molecule has 7 nitrogen and oxygen atoms in total. The third kappa shape index (κ3) is 4.75. The Morgan fingerprint density at radius 2 is 2.39 bits per heavy atom. The molecular weight excluding hydrogens is 236 g/mol. The lowest BCUT2D eigenvalue weighted by molar-refractivity contribution is -0.148. The van der Waals surface area contributed by atoms with Gasteiger partial charge in [-0.25, -0.2) is 0 Å². The van der Waals surface area contributed by atoms with Crippen molar-refractivity contribution in [1.82, 2.24) is 4.90 Å². The molecule has 0 saturated carbocycles. The van der Waals surface area contributed by atoms with Gasteiger partial charge in [-0.15, -0.1) is 6.58 Å². The Morgan fingerprint density at radius 3 is 3.00 bits per heavy atom. The maximum absolute atomic E-state index is 11.2. The number of azide groups is 1. The van der Waals surface area contributed by atoms with Crippen molar-refractivity contribution in [3.05, 3.63) is 23.1 Å². The number of hydrogen-bond acceptors (Lipinski definition) is 5. The van der Waals surface area contributed by atoms with Gasteiger partial charge >= 0.3 is 5.97 Å². The first-order valence-electron chi connectivity index (χ1n) is 5.76. The topological polar surface area (TPSA) is 87.5 Å². The molecule has 0 radical (unpaired) electrons. The van der Waals surface area contributed by atoms with Crippen molar-refractivity contribution >= 4 is 5.97 Å². The summed E-state index contributed by atoms with van der Waals surface area (Å²) in [5.74, 6) is -0.303. The van der Waals surface area contributed by atoms with Gasteiger partial charge in [-0.3, -0.25) is 9.69 Å². The lowest BCUT2D eigenvalue weighted by Gasteiger charge is -2.36. The maximum Gasteiger partial charge on any atom is 0.308 e. The summed E-state index contributed by atoms with van der Waals surface area (Å²) in [6.07, 6.45) is 1.58. The molecule has 18 heavy (non-hydrogen) atoms. The smallest absolute Gasteiger partial charge is 0.308 e. The number of methoxy groups -OCH3 is 1. The predicted molar refractivity (Wildman–Crippen MR) is 65.9 cm³/mol. The minimum absolute atomic E-state index is 0.191. The van der Waals surface area contributed by atoms with Crippen LogP contribution in [0.2, 0.25) is 0 Å². The molecule has 0 aromatic heterocycles. The van der Waals surface area contributed by atoms with Crippen LogP contribution < -0.4 is 0 Å². The summed E-state index contributed by atoms with van der Waals surface area (Å²) in [4.78, 5) is 16.1. The van der Waals surface area contributed by atoms with Gasteiger partial charge in [0.25, 0.3) is 0 Å². The SMILES string of the molecule is C=CCN1C[C@@H](CN=[N+]=[N-])O[C@@H](CC(=O)OC)C1. The van der Waals surface area contributed by atoms with Crippen LogP contribution in [0.25, 0.3) is 10.4 Å². The maximum atomic E-state index is 11.2. The fraction of sp³-hybridized carbons (Fsp3) is 0.727. The number of carbonyl (C=O) groups excluding carboxylic acids is 1. The van der Waals surface area contributed by atoms with Crippen molar-refractivity contribution in [2.75, 3.05) is 33.3 Å². The lowest BCUT2D eigenvalue weighted by Crippen LogP contribution is -2.49. The first-order chi connectivity index (χ1) is 8.69. The second kappa shape index (κ2) is 7.71. The number of ether oxygens (including phenoxy) is 2.